The quantitative estimate of drug-likeness (QED) is 0.559. The first kappa shape index (κ1) is 21.1. The number of nitrogens with zero attached hydrogens (tertiary/aromatic N) is 2. The fourth-order valence-corrected chi connectivity index (χ4v) is 4.49. The van der Waals surface area contributed by atoms with Crippen molar-refractivity contribution in [2.75, 3.05) is 18.4 Å². The second-order valence-corrected chi connectivity index (χ2v) is 9.56. The molecule has 1 aliphatic heterocycles. The van der Waals surface area contributed by atoms with Gasteiger partial charge < -0.3 is 10.6 Å². The molecule has 1 amide bonds. The van der Waals surface area contributed by atoms with Gasteiger partial charge in [0.2, 0.25) is 15.9 Å². The molecule has 2 N–H and O–H groups in total. The first-order chi connectivity index (χ1) is 12.4. The smallest absolute Gasteiger partial charge is 0.270 e. The van der Waals surface area contributed by atoms with Crippen LogP contribution in [0.3, 0.4) is 0 Å². The Bertz CT molecular complexity index is 826. The van der Waals surface area contributed by atoms with Gasteiger partial charge in [-0.1, -0.05) is 0 Å². The Morgan fingerprint density at radius 1 is 1.26 bits per heavy atom. The van der Waals surface area contributed by atoms with E-state index in [1.54, 1.807) is 6.92 Å². The summed E-state index contributed by atoms with van der Waals surface area (Å²) in [4.78, 5) is 22.6. The molecular weight excluding hydrogens is 372 g/mol. The Morgan fingerprint density at radius 3 is 2.37 bits per heavy atom. The van der Waals surface area contributed by atoms with E-state index in [1.165, 1.54) is 16.4 Å². The number of anilines is 1. The molecule has 0 saturated carbocycles. The van der Waals surface area contributed by atoms with E-state index in [0.29, 0.717) is 13.1 Å². The van der Waals surface area contributed by atoms with Gasteiger partial charge in [-0.25, -0.2) is 8.42 Å². The third kappa shape index (κ3) is 5.16. The summed E-state index contributed by atoms with van der Waals surface area (Å²) < 4.78 is 27.3. The zero-order chi connectivity index (χ0) is 20.4. The van der Waals surface area contributed by atoms with Crippen LogP contribution in [-0.2, 0) is 14.8 Å². The van der Waals surface area contributed by atoms with Crippen LogP contribution in [0.25, 0.3) is 0 Å². The van der Waals surface area contributed by atoms with Crippen molar-refractivity contribution in [3.8, 4) is 0 Å². The van der Waals surface area contributed by atoms with Crippen LogP contribution in [0.5, 0.6) is 0 Å². The van der Waals surface area contributed by atoms with Gasteiger partial charge in [-0.15, -0.1) is 0 Å². The monoisotopic (exact) mass is 398 g/mol. The average Bonchev–Trinajstić information content (AvgIpc) is 3.08. The van der Waals surface area contributed by atoms with Crippen molar-refractivity contribution in [2.45, 2.75) is 57.0 Å². The van der Waals surface area contributed by atoms with Gasteiger partial charge in [-0.3, -0.25) is 14.9 Å². The minimum Gasteiger partial charge on any atom is -0.373 e. The maximum Gasteiger partial charge on any atom is 0.270 e. The van der Waals surface area contributed by atoms with E-state index < -0.39 is 26.5 Å². The van der Waals surface area contributed by atoms with E-state index in [2.05, 4.69) is 10.6 Å². The van der Waals surface area contributed by atoms with E-state index >= 15 is 0 Å². The lowest BCUT2D eigenvalue weighted by atomic mass is 10.1. The predicted octanol–water partition coefficient (Wildman–Crippen LogP) is 2.09. The van der Waals surface area contributed by atoms with Gasteiger partial charge in [0.25, 0.3) is 5.69 Å². The average molecular weight is 398 g/mol. The number of sulfonamides is 1. The highest BCUT2D eigenvalue weighted by molar-refractivity contribution is 7.89. The molecule has 1 fully saturated rings. The summed E-state index contributed by atoms with van der Waals surface area (Å²) >= 11 is 0. The number of non-ortho nitro benzene ring substituents is 1. The summed E-state index contributed by atoms with van der Waals surface area (Å²) in [7, 11) is -3.90. The molecule has 9 nitrogen and oxygen atoms in total. The molecule has 0 aliphatic carbocycles. The standard InChI is InChI=1S/C17H26N4O5S/c1-12(16(22)19-17(2,3)4)18-14-8-7-13(21(23)24)11-15(14)27(25,26)20-9-5-6-10-20/h7-8,11-12,18H,5-6,9-10H2,1-4H3,(H,19,22)/t12-/m1/s1. The number of hydrogen-bond acceptors (Lipinski definition) is 6. The number of hydrogen-bond donors (Lipinski definition) is 2. The Morgan fingerprint density at radius 2 is 1.85 bits per heavy atom. The van der Waals surface area contributed by atoms with Gasteiger partial charge in [0.15, 0.2) is 0 Å². The predicted molar refractivity (Wildman–Crippen MR) is 102 cm³/mol. The number of nitro groups is 1. The lowest BCUT2D eigenvalue weighted by molar-refractivity contribution is -0.385. The Balaban J connectivity index is 2.38. The fraction of sp³-hybridized carbons (Fsp3) is 0.588. The molecule has 0 unspecified atom stereocenters. The highest BCUT2D eigenvalue weighted by Crippen LogP contribution is 2.31. The molecule has 1 aromatic rings. The summed E-state index contributed by atoms with van der Waals surface area (Å²) in [5.74, 6) is -0.301. The van der Waals surface area contributed by atoms with Crippen molar-refractivity contribution < 1.29 is 18.1 Å². The van der Waals surface area contributed by atoms with Crippen molar-refractivity contribution in [3.63, 3.8) is 0 Å². The third-order valence-electron chi connectivity index (χ3n) is 4.12. The van der Waals surface area contributed by atoms with Crippen LogP contribution in [0.15, 0.2) is 23.1 Å². The Hall–Kier alpha value is -2.20. The van der Waals surface area contributed by atoms with E-state index in [-0.39, 0.29) is 22.2 Å². The van der Waals surface area contributed by atoms with Crippen LogP contribution in [-0.4, -0.2) is 48.2 Å². The van der Waals surface area contributed by atoms with E-state index in [1.807, 2.05) is 20.8 Å². The number of nitro benzene ring substituents is 1. The molecule has 1 atom stereocenters. The summed E-state index contributed by atoms with van der Waals surface area (Å²) in [5.41, 5.74) is -0.582. The molecule has 1 saturated heterocycles. The van der Waals surface area contributed by atoms with Gasteiger partial charge in [0, 0.05) is 30.8 Å². The molecule has 27 heavy (non-hydrogen) atoms. The minimum absolute atomic E-state index is 0.170. The van der Waals surface area contributed by atoms with Crippen LogP contribution in [0, 0.1) is 10.1 Å². The van der Waals surface area contributed by atoms with Crippen LogP contribution in [0.1, 0.15) is 40.5 Å². The molecule has 0 radical (unpaired) electrons. The fourth-order valence-electron chi connectivity index (χ4n) is 2.80. The highest BCUT2D eigenvalue weighted by Gasteiger charge is 2.32. The topological polar surface area (TPSA) is 122 Å². The number of carbonyl (C=O) groups is 1. The summed E-state index contributed by atoms with van der Waals surface area (Å²) in [6, 6.07) is 2.88. The molecular formula is C17H26N4O5S. The van der Waals surface area contributed by atoms with Crippen LogP contribution < -0.4 is 10.6 Å². The number of benzene rings is 1. The molecule has 150 valence electrons. The van der Waals surface area contributed by atoms with Crippen molar-refractivity contribution in [1.82, 2.24) is 9.62 Å². The molecule has 2 rings (SSSR count). The van der Waals surface area contributed by atoms with Gasteiger partial charge in [0.1, 0.15) is 10.9 Å². The summed E-state index contributed by atoms with van der Waals surface area (Å²) in [6.07, 6.45) is 1.50. The first-order valence-corrected chi connectivity index (χ1v) is 10.2. The largest absolute Gasteiger partial charge is 0.373 e. The molecule has 1 aliphatic rings. The van der Waals surface area contributed by atoms with E-state index in [0.717, 1.165) is 18.9 Å². The molecule has 0 aromatic heterocycles. The number of rotatable bonds is 6. The summed E-state index contributed by atoms with van der Waals surface area (Å²) in [5, 5.41) is 16.8. The van der Waals surface area contributed by atoms with Gasteiger partial charge in [-0.2, -0.15) is 4.31 Å². The SMILES string of the molecule is C[C@@H](Nc1ccc([N+](=O)[O-])cc1S(=O)(=O)N1CCCC1)C(=O)NC(C)(C)C. The molecule has 10 heteroatoms. The number of carbonyl (C=O) groups excluding carboxylic acids is 1. The maximum atomic E-state index is 13.0. The van der Waals surface area contributed by atoms with Gasteiger partial charge >= 0.3 is 0 Å². The van der Waals surface area contributed by atoms with Gasteiger partial charge in [0.05, 0.1) is 10.6 Å². The van der Waals surface area contributed by atoms with Gasteiger partial charge in [-0.05, 0) is 46.6 Å². The van der Waals surface area contributed by atoms with Crippen molar-refractivity contribution >= 4 is 27.3 Å². The first-order valence-electron chi connectivity index (χ1n) is 8.79. The van der Waals surface area contributed by atoms with Crippen LogP contribution in [0.2, 0.25) is 0 Å². The zero-order valence-corrected chi connectivity index (χ0v) is 16.8. The normalized spacial score (nSPS) is 16.7. The summed E-state index contributed by atoms with van der Waals surface area (Å²) in [6.45, 7) is 7.88. The van der Waals surface area contributed by atoms with E-state index in [9.17, 15) is 23.3 Å². The third-order valence-corrected chi connectivity index (χ3v) is 6.06. The molecule has 0 bridgehead atoms. The van der Waals surface area contributed by atoms with Crippen molar-refractivity contribution in [2.24, 2.45) is 0 Å². The van der Waals surface area contributed by atoms with Crippen LogP contribution in [0.4, 0.5) is 11.4 Å². The molecule has 0 spiro atoms. The Labute approximate surface area is 159 Å². The van der Waals surface area contributed by atoms with E-state index in [4.69, 9.17) is 0 Å². The maximum absolute atomic E-state index is 13.0. The second kappa shape index (κ2) is 7.81. The molecule has 1 aromatic carbocycles. The highest BCUT2D eigenvalue weighted by atomic mass is 32.2. The second-order valence-electron chi connectivity index (χ2n) is 7.65. The lowest BCUT2D eigenvalue weighted by Crippen LogP contribution is -2.47. The number of amides is 1. The number of nitrogens with one attached hydrogen (secondary N) is 2. The van der Waals surface area contributed by atoms with Crippen molar-refractivity contribution in [1.29, 1.82) is 0 Å². The minimum atomic E-state index is -3.90. The Kier molecular flexibility index (Phi) is 6.10. The van der Waals surface area contributed by atoms with Crippen LogP contribution >= 0.6 is 0 Å². The lowest BCUT2D eigenvalue weighted by Gasteiger charge is -2.25. The zero-order valence-electron chi connectivity index (χ0n) is 16.0. The molecule has 1 heterocycles. The van der Waals surface area contributed by atoms with Crippen molar-refractivity contribution in [3.05, 3.63) is 28.3 Å².